The molecule has 1 aliphatic heterocycles. The van der Waals surface area contributed by atoms with Gasteiger partial charge in [-0.2, -0.15) is 0 Å². The molecule has 0 saturated heterocycles. The van der Waals surface area contributed by atoms with E-state index in [1.165, 1.54) is 27.9 Å². The summed E-state index contributed by atoms with van der Waals surface area (Å²) in [4.78, 5) is 11.9. The van der Waals surface area contributed by atoms with Crippen LogP contribution in [0.5, 0.6) is 11.5 Å². The fraction of sp³-hybridized carbons (Fsp3) is 0.296. The topological polar surface area (TPSA) is 59.0 Å². The number of aliphatic carboxylic acids is 1. The summed E-state index contributed by atoms with van der Waals surface area (Å²) in [5, 5.41) is 8.86. The van der Waals surface area contributed by atoms with Crippen molar-refractivity contribution in [2.24, 2.45) is 0 Å². The molecule has 5 nitrogen and oxygen atoms in total. The zero-order valence-electron chi connectivity index (χ0n) is 19.6. The molecular formula is C27H29NO4S. The lowest BCUT2D eigenvalue weighted by molar-refractivity contribution is -0.139. The first kappa shape index (κ1) is 23.1. The van der Waals surface area contributed by atoms with Crippen LogP contribution >= 0.6 is 11.9 Å². The van der Waals surface area contributed by atoms with Gasteiger partial charge in [-0.05, 0) is 103 Å². The molecular weight excluding hydrogens is 434 g/mol. The molecule has 6 heteroatoms. The first-order valence-electron chi connectivity index (χ1n) is 11.0. The van der Waals surface area contributed by atoms with Crippen molar-refractivity contribution in [3.63, 3.8) is 0 Å². The Bertz CT molecular complexity index is 1180. The Morgan fingerprint density at radius 1 is 1.00 bits per heavy atom. The molecule has 33 heavy (non-hydrogen) atoms. The van der Waals surface area contributed by atoms with E-state index in [0.717, 1.165) is 16.2 Å². The molecule has 1 N–H and O–H groups in total. The maximum absolute atomic E-state index is 10.8. The van der Waals surface area contributed by atoms with Crippen LogP contribution in [0.3, 0.4) is 0 Å². The predicted molar refractivity (Wildman–Crippen MR) is 134 cm³/mol. The van der Waals surface area contributed by atoms with Gasteiger partial charge < -0.3 is 18.9 Å². The SMILES string of the molecule is COc1ccc(-c2cc(C)c3c(c2)C(C)C(C)N3Sc2ccc(OCC(=O)O)c(C)c2)cc1. The molecule has 0 radical (unpaired) electrons. The summed E-state index contributed by atoms with van der Waals surface area (Å²) in [5.74, 6) is 0.874. The van der Waals surface area contributed by atoms with Gasteiger partial charge in [0.05, 0.1) is 12.8 Å². The number of carboxylic acids is 1. The minimum atomic E-state index is -0.978. The molecule has 0 fully saturated rings. The van der Waals surface area contributed by atoms with Crippen LogP contribution in [0.15, 0.2) is 59.5 Å². The average Bonchev–Trinajstić information content (AvgIpc) is 3.03. The minimum Gasteiger partial charge on any atom is -0.497 e. The molecule has 1 aliphatic rings. The van der Waals surface area contributed by atoms with Crippen LogP contribution < -0.4 is 13.8 Å². The normalized spacial score (nSPS) is 17.1. The predicted octanol–water partition coefficient (Wildman–Crippen LogP) is 6.46. The van der Waals surface area contributed by atoms with E-state index in [4.69, 9.17) is 14.6 Å². The zero-order valence-corrected chi connectivity index (χ0v) is 20.4. The Hall–Kier alpha value is -3.12. The number of carbonyl (C=O) groups is 1. The molecule has 3 aromatic carbocycles. The van der Waals surface area contributed by atoms with E-state index >= 15 is 0 Å². The standard InChI is InChI=1S/C27H29NO4S/c1-16-13-23(10-11-25(16)32-15-26(29)30)33-28-19(4)18(3)24-14-21(12-17(2)27(24)28)20-6-8-22(31-5)9-7-20/h6-14,18-19H,15H2,1-5H3,(H,29,30). The van der Waals surface area contributed by atoms with Gasteiger partial charge in [-0.1, -0.05) is 19.1 Å². The summed E-state index contributed by atoms with van der Waals surface area (Å²) in [6, 6.07) is 19.0. The van der Waals surface area contributed by atoms with E-state index in [0.29, 0.717) is 17.7 Å². The Labute approximate surface area is 199 Å². The van der Waals surface area contributed by atoms with Crippen molar-refractivity contribution in [3.05, 3.63) is 71.3 Å². The van der Waals surface area contributed by atoms with Crippen molar-refractivity contribution >= 4 is 23.6 Å². The van der Waals surface area contributed by atoms with Gasteiger partial charge in [0, 0.05) is 16.9 Å². The molecule has 0 aromatic heterocycles. The highest BCUT2D eigenvalue weighted by atomic mass is 32.2. The third kappa shape index (κ3) is 4.67. The summed E-state index contributed by atoms with van der Waals surface area (Å²) in [7, 11) is 1.68. The summed E-state index contributed by atoms with van der Waals surface area (Å²) in [6.45, 7) is 8.34. The first-order valence-corrected chi connectivity index (χ1v) is 11.8. The lowest BCUT2D eigenvalue weighted by Crippen LogP contribution is -2.24. The molecule has 0 spiro atoms. The van der Waals surface area contributed by atoms with Crippen molar-refractivity contribution in [2.75, 3.05) is 18.0 Å². The number of hydrogen-bond donors (Lipinski definition) is 1. The molecule has 0 bridgehead atoms. The number of carboxylic acid groups (broad SMARTS) is 1. The number of hydrogen-bond acceptors (Lipinski definition) is 5. The second kappa shape index (κ2) is 9.40. The number of ether oxygens (including phenoxy) is 2. The Morgan fingerprint density at radius 3 is 2.36 bits per heavy atom. The molecule has 0 amide bonds. The van der Waals surface area contributed by atoms with Gasteiger partial charge in [0.15, 0.2) is 6.61 Å². The number of benzene rings is 3. The van der Waals surface area contributed by atoms with Gasteiger partial charge in [0.1, 0.15) is 11.5 Å². The van der Waals surface area contributed by atoms with Crippen LogP contribution in [0.4, 0.5) is 5.69 Å². The largest absolute Gasteiger partial charge is 0.497 e. The second-order valence-electron chi connectivity index (χ2n) is 8.52. The molecule has 1 heterocycles. The van der Waals surface area contributed by atoms with Crippen LogP contribution in [0.1, 0.15) is 36.5 Å². The molecule has 2 unspecified atom stereocenters. The van der Waals surface area contributed by atoms with Crippen molar-refractivity contribution in [3.8, 4) is 22.6 Å². The van der Waals surface area contributed by atoms with Crippen LogP contribution in [0.25, 0.3) is 11.1 Å². The summed E-state index contributed by atoms with van der Waals surface area (Å²) in [5.41, 5.74) is 7.21. The van der Waals surface area contributed by atoms with Gasteiger partial charge in [-0.15, -0.1) is 0 Å². The average molecular weight is 464 g/mol. The lowest BCUT2D eigenvalue weighted by Gasteiger charge is -2.26. The Morgan fingerprint density at radius 2 is 1.73 bits per heavy atom. The van der Waals surface area contributed by atoms with E-state index in [-0.39, 0.29) is 6.61 Å². The third-order valence-electron chi connectivity index (χ3n) is 6.26. The van der Waals surface area contributed by atoms with E-state index in [1.54, 1.807) is 19.1 Å². The van der Waals surface area contributed by atoms with Crippen molar-refractivity contribution in [1.82, 2.24) is 0 Å². The van der Waals surface area contributed by atoms with E-state index < -0.39 is 5.97 Å². The summed E-state index contributed by atoms with van der Waals surface area (Å²) in [6.07, 6.45) is 0. The number of aryl methyl sites for hydroxylation is 2. The van der Waals surface area contributed by atoms with Gasteiger partial charge in [-0.3, -0.25) is 0 Å². The van der Waals surface area contributed by atoms with Crippen LogP contribution in [-0.4, -0.2) is 30.8 Å². The number of anilines is 1. The summed E-state index contributed by atoms with van der Waals surface area (Å²) < 4.78 is 13.1. The highest BCUT2D eigenvalue weighted by Crippen LogP contribution is 2.49. The minimum absolute atomic E-state index is 0.332. The molecule has 2 atom stereocenters. The molecule has 3 aromatic rings. The number of methoxy groups -OCH3 is 1. The third-order valence-corrected chi connectivity index (χ3v) is 7.44. The zero-order chi connectivity index (χ0) is 23.7. The van der Waals surface area contributed by atoms with Crippen molar-refractivity contribution < 1.29 is 19.4 Å². The second-order valence-corrected chi connectivity index (χ2v) is 9.56. The molecule has 0 aliphatic carbocycles. The van der Waals surface area contributed by atoms with Gasteiger partial charge in [0.2, 0.25) is 0 Å². The van der Waals surface area contributed by atoms with E-state index in [2.05, 4.69) is 55.4 Å². The van der Waals surface area contributed by atoms with Crippen molar-refractivity contribution in [1.29, 1.82) is 0 Å². The monoisotopic (exact) mass is 463 g/mol. The number of rotatable bonds is 7. The first-order chi connectivity index (χ1) is 15.8. The molecule has 4 rings (SSSR count). The molecule has 0 saturated carbocycles. The number of nitrogens with zero attached hydrogens (tertiary/aromatic N) is 1. The van der Waals surface area contributed by atoms with Gasteiger partial charge >= 0.3 is 5.97 Å². The maximum atomic E-state index is 10.8. The maximum Gasteiger partial charge on any atom is 0.341 e. The van der Waals surface area contributed by atoms with E-state index in [1.807, 2.05) is 31.2 Å². The van der Waals surface area contributed by atoms with Crippen LogP contribution in [0.2, 0.25) is 0 Å². The fourth-order valence-electron chi connectivity index (χ4n) is 4.29. The van der Waals surface area contributed by atoms with Gasteiger partial charge in [0.25, 0.3) is 0 Å². The highest BCUT2D eigenvalue weighted by molar-refractivity contribution is 8.00. The van der Waals surface area contributed by atoms with Crippen molar-refractivity contribution in [2.45, 2.75) is 44.6 Å². The quantitative estimate of drug-likeness (QED) is 0.406. The number of fused-ring (bicyclic) bond motifs is 1. The molecule has 172 valence electrons. The van der Waals surface area contributed by atoms with Gasteiger partial charge in [-0.25, -0.2) is 4.79 Å². The summed E-state index contributed by atoms with van der Waals surface area (Å²) >= 11 is 1.72. The lowest BCUT2D eigenvalue weighted by atomic mass is 9.93. The van der Waals surface area contributed by atoms with E-state index in [9.17, 15) is 4.79 Å². The Kier molecular flexibility index (Phi) is 6.56. The van der Waals surface area contributed by atoms with Crippen LogP contribution in [0, 0.1) is 13.8 Å². The smallest absolute Gasteiger partial charge is 0.341 e. The van der Waals surface area contributed by atoms with Crippen LogP contribution in [-0.2, 0) is 4.79 Å². The fourth-order valence-corrected chi connectivity index (χ4v) is 5.57. The highest BCUT2D eigenvalue weighted by Gasteiger charge is 2.35. The Balaban J connectivity index is 1.62.